The van der Waals surface area contributed by atoms with Crippen LogP contribution in [0.25, 0.3) is 11.0 Å². The number of carbonyl (C=O) groups excluding carboxylic acids is 1. The predicted molar refractivity (Wildman–Crippen MR) is 117 cm³/mol. The lowest BCUT2D eigenvalue weighted by Crippen LogP contribution is -2.39. The molecule has 0 bridgehead atoms. The number of nitrogens with zero attached hydrogens (tertiary/aromatic N) is 4. The van der Waals surface area contributed by atoms with Crippen molar-refractivity contribution >= 4 is 28.7 Å². The average Bonchev–Trinajstić information content (AvgIpc) is 2.71. The molecular formula is C20H31N5O3S. The molecule has 0 spiro atoms. The second-order valence-corrected chi connectivity index (χ2v) is 7.96. The lowest BCUT2D eigenvalue weighted by atomic mass is 10.1. The quantitative estimate of drug-likeness (QED) is 0.339. The Hall–Kier alpha value is -2.16. The summed E-state index contributed by atoms with van der Waals surface area (Å²) in [6.45, 7) is 7.00. The Balaban J connectivity index is 2.57. The highest BCUT2D eigenvalue weighted by molar-refractivity contribution is 8.00. The minimum atomic E-state index is -0.423. The van der Waals surface area contributed by atoms with E-state index in [2.05, 4.69) is 22.2 Å². The van der Waals surface area contributed by atoms with Gasteiger partial charge in [-0.15, -0.1) is 0 Å². The molecule has 1 N–H and O–H groups in total. The highest BCUT2D eigenvalue weighted by Gasteiger charge is 2.19. The molecule has 0 fully saturated rings. The van der Waals surface area contributed by atoms with Crippen molar-refractivity contribution in [2.45, 2.75) is 70.9 Å². The summed E-state index contributed by atoms with van der Waals surface area (Å²) in [6, 6.07) is 0. The van der Waals surface area contributed by atoms with Crippen LogP contribution in [0.1, 0.15) is 58.7 Å². The number of aryl methyl sites for hydroxylation is 2. The summed E-state index contributed by atoms with van der Waals surface area (Å²) < 4.78 is 2.64. The number of rotatable bonds is 11. The van der Waals surface area contributed by atoms with Crippen LogP contribution < -0.4 is 16.6 Å². The van der Waals surface area contributed by atoms with E-state index in [0.717, 1.165) is 36.7 Å². The first-order valence-corrected chi connectivity index (χ1v) is 11.3. The molecule has 9 heteroatoms. The largest absolute Gasteiger partial charge is 0.356 e. The Labute approximate surface area is 175 Å². The van der Waals surface area contributed by atoms with Crippen molar-refractivity contribution in [2.24, 2.45) is 7.05 Å². The van der Waals surface area contributed by atoms with E-state index >= 15 is 0 Å². The van der Waals surface area contributed by atoms with Crippen molar-refractivity contribution in [2.75, 3.05) is 12.3 Å². The zero-order chi connectivity index (χ0) is 21.4. The normalized spacial score (nSPS) is 11.2. The van der Waals surface area contributed by atoms with Crippen molar-refractivity contribution in [1.82, 2.24) is 24.4 Å². The fraction of sp³-hybridized carbons (Fsp3) is 0.650. The van der Waals surface area contributed by atoms with E-state index in [1.807, 2.05) is 13.8 Å². The second-order valence-electron chi connectivity index (χ2n) is 6.99. The molecule has 2 heterocycles. The van der Waals surface area contributed by atoms with Crippen molar-refractivity contribution in [3.8, 4) is 0 Å². The summed E-state index contributed by atoms with van der Waals surface area (Å²) in [5.74, 6) is 0.655. The molecule has 0 unspecified atom stereocenters. The Morgan fingerprint density at radius 1 is 1.07 bits per heavy atom. The van der Waals surface area contributed by atoms with Crippen molar-refractivity contribution in [3.63, 3.8) is 0 Å². The smallest absolute Gasteiger partial charge is 0.332 e. The van der Waals surface area contributed by atoms with E-state index in [9.17, 15) is 14.4 Å². The molecule has 0 aliphatic heterocycles. The molecule has 0 radical (unpaired) electrons. The molecule has 160 valence electrons. The van der Waals surface area contributed by atoms with E-state index in [-0.39, 0.29) is 17.3 Å². The van der Waals surface area contributed by atoms with Crippen LogP contribution in [0.2, 0.25) is 0 Å². The van der Waals surface area contributed by atoms with E-state index in [0.29, 0.717) is 41.4 Å². The maximum absolute atomic E-state index is 12.9. The summed E-state index contributed by atoms with van der Waals surface area (Å²) in [5, 5.41) is 3.53. The van der Waals surface area contributed by atoms with Gasteiger partial charge in [-0.3, -0.25) is 18.7 Å². The van der Waals surface area contributed by atoms with Gasteiger partial charge in [0.05, 0.1) is 5.75 Å². The molecule has 2 aromatic heterocycles. The number of thioether (sulfide) groups is 1. The molecule has 0 saturated carbocycles. The molecule has 1 amide bonds. The highest BCUT2D eigenvalue weighted by Crippen LogP contribution is 2.23. The minimum Gasteiger partial charge on any atom is -0.356 e. The number of hydrogen-bond donors (Lipinski definition) is 1. The van der Waals surface area contributed by atoms with Crippen molar-refractivity contribution in [3.05, 3.63) is 26.7 Å². The monoisotopic (exact) mass is 421 g/mol. The van der Waals surface area contributed by atoms with E-state index < -0.39 is 5.56 Å². The zero-order valence-electron chi connectivity index (χ0n) is 17.8. The van der Waals surface area contributed by atoms with Gasteiger partial charge in [-0.05, 0) is 19.8 Å². The van der Waals surface area contributed by atoms with Crippen LogP contribution >= 0.6 is 11.8 Å². The maximum Gasteiger partial charge on any atom is 0.332 e. The molecule has 2 aromatic rings. The third kappa shape index (κ3) is 5.68. The Morgan fingerprint density at radius 2 is 1.83 bits per heavy atom. The lowest BCUT2D eigenvalue weighted by Gasteiger charge is -2.14. The van der Waals surface area contributed by atoms with Gasteiger partial charge in [-0.25, -0.2) is 14.8 Å². The Kier molecular flexibility index (Phi) is 8.88. The summed E-state index contributed by atoms with van der Waals surface area (Å²) in [4.78, 5) is 46.7. The fourth-order valence-corrected chi connectivity index (χ4v) is 3.98. The van der Waals surface area contributed by atoms with Gasteiger partial charge < -0.3 is 5.32 Å². The minimum absolute atomic E-state index is 0.118. The molecule has 2 rings (SSSR count). The number of carbonyl (C=O) groups is 1. The first-order valence-electron chi connectivity index (χ1n) is 10.3. The molecule has 0 saturated heterocycles. The van der Waals surface area contributed by atoms with Crippen LogP contribution in [0, 0.1) is 0 Å². The van der Waals surface area contributed by atoms with Gasteiger partial charge in [-0.1, -0.05) is 44.9 Å². The topological polar surface area (TPSA) is 98.9 Å². The maximum atomic E-state index is 12.9. The number of hydrogen-bond acceptors (Lipinski definition) is 6. The summed E-state index contributed by atoms with van der Waals surface area (Å²) in [5.41, 5.74) is -0.424. The molecule has 29 heavy (non-hydrogen) atoms. The molecule has 8 nitrogen and oxygen atoms in total. The summed E-state index contributed by atoms with van der Waals surface area (Å²) >= 11 is 1.22. The Bertz CT molecular complexity index is 967. The van der Waals surface area contributed by atoms with Crippen LogP contribution in [0.15, 0.2) is 14.6 Å². The van der Waals surface area contributed by atoms with Gasteiger partial charge in [0, 0.05) is 26.6 Å². The number of aromatic nitrogens is 4. The van der Waals surface area contributed by atoms with Crippen LogP contribution in [0.4, 0.5) is 0 Å². The molecule has 0 aromatic carbocycles. The van der Waals surface area contributed by atoms with Gasteiger partial charge in [0.15, 0.2) is 5.65 Å². The third-order valence-electron chi connectivity index (χ3n) is 4.61. The summed E-state index contributed by atoms with van der Waals surface area (Å²) in [7, 11) is 1.47. The average molecular weight is 422 g/mol. The second kappa shape index (κ2) is 11.1. The zero-order valence-corrected chi connectivity index (χ0v) is 18.6. The van der Waals surface area contributed by atoms with Gasteiger partial charge in [0.25, 0.3) is 5.56 Å². The van der Waals surface area contributed by atoms with Gasteiger partial charge in [0.2, 0.25) is 5.91 Å². The SMILES string of the molecule is CCCCCCc1nc(SCC(=O)NCC)c2c(=O)n(C)c(=O)n(CCC)c2n1. The van der Waals surface area contributed by atoms with Gasteiger partial charge in [-0.2, -0.15) is 0 Å². The van der Waals surface area contributed by atoms with E-state index in [1.165, 1.54) is 18.8 Å². The van der Waals surface area contributed by atoms with Gasteiger partial charge >= 0.3 is 5.69 Å². The number of amides is 1. The van der Waals surface area contributed by atoms with E-state index in [4.69, 9.17) is 0 Å². The fourth-order valence-electron chi connectivity index (χ4n) is 3.11. The standard InChI is InChI=1S/C20H31N5O3S/c1-5-8-9-10-11-14-22-17-16(18(23-14)29-13-15(26)21-7-3)19(27)24(4)20(28)25(17)12-6-2/h5-13H2,1-4H3,(H,21,26). The van der Waals surface area contributed by atoms with Crippen LogP contribution in [0.3, 0.4) is 0 Å². The number of unbranched alkanes of at least 4 members (excludes halogenated alkanes) is 3. The number of fused-ring (bicyclic) bond motifs is 1. The highest BCUT2D eigenvalue weighted by atomic mass is 32.2. The first kappa shape index (κ1) is 23.1. The van der Waals surface area contributed by atoms with Crippen LogP contribution in [0.5, 0.6) is 0 Å². The molecular weight excluding hydrogens is 390 g/mol. The lowest BCUT2D eigenvalue weighted by molar-refractivity contribution is -0.118. The Morgan fingerprint density at radius 3 is 2.48 bits per heavy atom. The van der Waals surface area contributed by atoms with Crippen LogP contribution in [-0.4, -0.2) is 37.3 Å². The third-order valence-corrected chi connectivity index (χ3v) is 5.59. The predicted octanol–water partition coefficient (Wildman–Crippen LogP) is 2.25. The van der Waals surface area contributed by atoms with Gasteiger partial charge in [0.1, 0.15) is 16.2 Å². The molecule has 0 aliphatic rings. The summed E-state index contributed by atoms with van der Waals surface area (Å²) in [6.07, 6.45) is 5.73. The first-order chi connectivity index (χ1) is 13.9. The van der Waals surface area contributed by atoms with E-state index in [1.54, 1.807) is 4.57 Å². The molecule has 0 aliphatic carbocycles. The number of nitrogens with one attached hydrogen (secondary N) is 1. The molecule has 0 atom stereocenters. The van der Waals surface area contributed by atoms with Crippen LogP contribution in [-0.2, 0) is 24.8 Å². The van der Waals surface area contributed by atoms with Crippen molar-refractivity contribution < 1.29 is 4.79 Å². The van der Waals surface area contributed by atoms with Crippen molar-refractivity contribution in [1.29, 1.82) is 0 Å².